The highest BCUT2D eigenvalue weighted by Gasteiger charge is 2.22. The van der Waals surface area contributed by atoms with Crippen LogP contribution in [0.1, 0.15) is 0 Å². The molecule has 1 aromatic rings. The SMILES string of the molecule is COc1c(Br)c(Br)c(OC)c(OC)c1Br. The molecule has 0 bridgehead atoms. The molecule has 3 nitrogen and oxygen atoms in total. The molecule has 0 saturated carbocycles. The molecule has 0 fully saturated rings. The first kappa shape index (κ1) is 13.1. The van der Waals surface area contributed by atoms with Crippen molar-refractivity contribution in [3.8, 4) is 17.2 Å². The van der Waals surface area contributed by atoms with E-state index in [4.69, 9.17) is 14.2 Å². The zero-order valence-electron chi connectivity index (χ0n) is 8.36. The normalized spacial score (nSPS) is 10.0. The lowest BCUT2D eigenvalue weighted by Gasteiger charge is -2.16. The van der Waals surface area contributed by atoms with Crippen molar-refractivity contribution in [2.24, 2.45) is 0 Å². The average Bonchev–Trinajstić information content (AvgIpc) is 2.23. The molecule has 1 aromatic carbocycles. The maximum Gasteiger partial charge on any atom is 0.180 e. The lowest BCUT2D eigenvalue weighted by atomic mass is 10.3. The van der Waals surface area contributed by atoms with Gasteiger partial charge in [0.25, 0.3) is 0 Å². The lowest BCUT2D eigenvalue weighted by molar-refractivity contribution is 0.343. The van der Waals surface area contributed by atoms with Gasteiger partial charge in [0.2, 0.25) is 0 Å². The largest absolute Gasteiger partial charge is 0.494 e. The van der Waals surface area contributed by atoms with Crippen LogP contribution in [0, 0.1) is 0 Å². The Morgan fingerprint density at radius 1 is 0.600 bits per heavy atom. The van der Waals surface area contributed by atoms with Crippen LogP contribution in [0.2, 0.25) is 0 Å². The number of hydrogen-bond donors (Lipinski definition) is 0. The Balaban J connectivity index is 3.57. The number of hydrogen-bond acceptors (Lipinski definition) is 3. The molecule has 0 aliphatic rings. The first-order valence-electron chi connectivity index (χ1n) is 3.90. The predicted octanol–water partition coefficient (Wildman–Crippen LogP) is 4.00. The van der Waals surface area contributed by atoms with Gasteiger partial charge in [0.1, 0.15) is 4.47 Å². The summed E-state index contributed by atoms with van der Waals surface area (Å²) >= 11 is 10.2. The summed E-state index contributed by atoms with van der Waals surface area (Å²) in [6.07, 6.45) is 0. The fraction of sp³-hybridized carbons (Fsp3) is 0.333. The van der Waals surface area contributed by atoms with Crippen LogP contribution in [0.5, 0.6) is 17.2 Å². The van der Waals surface area contributed by atoms with E-state index in [1.54, 1.807) is 21.3 Å². The van der Waals surface area contributed by atoms with Crippen molar-refractivity contribution >= 4 is 47.8 Å². The zero-order chi connectivity index (χ0) is 11.6. The van der Waals surface area contributed by atoms with Gasteiger partial charge in [0, 0.05) is 0 Å². The number of benzene rings is 1. The third-order valence-electron chi connectivity index (χ3n) is 1.81. The van der Waals surface area contributed by atoms with Crippen LogP contribution in [0.25, 0.3) is 0 Å². The van der Waals surface area contributed by atoms with E-state index in [2.05, 4.69) is 47.8 Å². The van der Waals surface area contributed by atoms with Crippen molar-refractivity contribution in [3.05, 3.63) is 13.4 Å². The van der Waals surface area contributed by atoms with Crippen LogP contribution in [0.3, 0.4) is 0 Å². The average molecular weight is 405 g/mol. The third kappa shape index (κ3) is 2.26. The summed E-state index contributed by atoms with van der Waals surface area (Å²) in [5.74, 6) is 1.85. The van der Waals surface area contributed by atoms with Gasteiger partial charge in [-0.3, -0.25) is 0 Å². The fourth-order valence-electron chi connectivity index (χ4n) is 1.14. The molecular formula is C9H9Br3O3. The van der Waals surface area contributed by atoms with Gasteiger partial charge < -0.3 is 14.2 Å². The summed E-state index contributed by atoms with van der Waals surface area (Å²) in [7, 11) is 4.74. The Morgan fingerprint density at radius 2 is 0.933 bits per heavy atom. The highest BCUT2D eigenvalue weighted by molar-refractivity contribution is 9.13. The summed E-state index contributed by atoms with van der Waals surface area (Å²) < 4.78 is 18.0. The molecule has 0 saturated heterocycles. The minimum Gasteiger partial charge on any atom is -0.494 e. The topological polar surface area (TPSA) is 27.7 Å². The van der Waals surface area contributed by atoms with Crippen LogP contribution in [-0.4, -0.2) is 21.3 Å². The van der Waals surface area contributed by atoms with Crippen LogP contribution in [0.4, 0.5) is 0 Å². The minimum atomic E-state index is 0.587. The second-order valence-electron chi connectivity index (χ2n) is 2.54. The summed E-state index contributed by atoms with van der Waals surface area (Å²) in [4.78, 5) is 0. The molecule has 1 rings (SSSR count). The Hall–Kier alpha value is 0.0600. The minimum absolute atomic E-state index is 0.587. The van der Waals surface area contributed by atoms with E-state index < -0.39 is 0 Å². The van der Waals surface area contributed by atoms with Crippen molar-refractivity contribution in [2.75, 3.05) is 21.3 Å². The van der Waals surface area contributed by atoms with Gasteiger partial charge in [-0.1, -0.05) is 0 Å². The number of ether oxygens (including phenoxy) is 3. The van der Waals surface area contributed by atoms with Gasteiger partial charge in [0.05, 0.1) is 30.3 Å². The van der Waals surface area contributed by atoms with Crippen molar-refractivity contribution in [2.45, 2.75) is 0 Å². The maximum absolute atomic E-state index is 5.24. The molecule has 0 heterocycles. The van der Waals surface area contributed by atoms with Crippen LogP contribution in [0.15, 0.2) is 13.4 Å². The van der Waals surface area contributed by atoms with E-state index in [1.807, 2.05) is 0 Å². The number of halogens is 3. The Labute approximate surface area is 113 Å². The maximum atomic E-state index is 5.24. The molecule has 0 amide bonds. The first-order chi connectivity index (χ1) is 7.08. The second-order valence-corrected chi connectivity index (χ2v) is 4.92. The second kappa shape index (κ2) is 5.41. The first-order valence-corrected chi connectivity index (χ1v) is 6.28. The summed E-state index contributed by atoms with van der Waals surface area (Å²) in [5.41, 5.74) is 0. The van der Waals surface area contributed by atoms with E-state index >= 15 is 0 Å². The van der Waals surface area contributed by atoms with Gasteiger partial charge in [0.15, 0.2) is 17.2 Å². The zero-order valence-corrected chi connectivity index (χ0v) is 13.1. The van der Waals surface area contributed by atoms with Crippen LogP contribution >= 0.6 is 47.8 Å². The number of rotatable bonds is 3. The molecule has 0 atom stereocenters. The Morgan fingerprint density at radius 3 is 1.33 bits per heavy atom. The Bertz CT molecular complexity index is 380. The van der Waals surface area contributed by atoms with E-state index in [9.17, 15) is 0 Å². The monoisotopic (exact) mass is 402 g/mol. The molecule has 6 heteroatoms. The van der Waals surface area contributed by atoms with E-state index in [1.165, 1.54) is 0 Å². The summed E-state index contributed by atoms with van der Waals surface area (Å²) in [5, 5.41) is 0. The van der Waals surface area contributed by atoms with Crippen LogP contribution < -0.4 is 14.2 Å². The summed E-state index contributed by atoms with van der Waals surface area (Å²) in [6, 6.07) is 0. The standard InChI is InChI=1S/C9H9Br3O3/c1-13-7-4(10)5(11)8(14-2)9(15-3)6(7)12/h1-3H3. The molecule has 15 heavy (non-hydrogen) atoms. The third-order valence-corrected chi connectivity index (χ3v) is 4.57. The molecule has 84 valence electrons. The van der Waals surface area contributed by atoms with Crippen molar-refractivity contribution in [1.82, 2.24) is 0 Å². The molecular weight excluding hydrogens is 396 g/mol. The predicted molar refractivity (Wildman–Crippen MR) is 69.2 cm³/mol. The number of methoxy groups -OCH3 is 3. The van der Waals surface area contributed by atoms with E-state index in [0.29, 0.717) is 21.7 Å². The summed E-state index contributed by atoms with van der Waals surface area (Å²) in [6.45, 7) is 0. The van der Waals surface area contributed by atoms with Crippen molar-refractivity contribution in [1.29, 1.82) is 0 Å². The van der Waals surface area contributed by atoms with Gasteiger partial charge >= 0.3 is 0 Å². The molecule has 0 N–H and O–H groups in total. The molecule has 0 spiro atoms. The molecule has 0 aliphatic heterocycles. The molecule has 0 radical (unpaired) electrons. The van der Waals surface area contributed by atoms with Gasteiger partial charge in [-0.15, -0.1) is 0 Å². The fourth-order valence-corrected chi connectivity index (χ4v) is 3.17. The molecule has 0 aromatic heterocycles. The Kier molecular flexibility index (Phi) is 4.73. The smallest absolute Gasteiger partial charge is 0.180 e. The van der Waals surface area contributed by atoms with Gasteiger partial charge in [-0.25, -0.2) is 0 Å². The van der Waals surface area contributed by atoms with Gasteiger partial charge in [-0.2, -0.15) is 0 Å². The quantitative estimate of drug-likeness (QED) is 0.713. The highest BCUT2D eigenvalue weighted by atomic mass is 79.9. The molecule has 0 aliphatic carbocycles. The lowest BCUT2D eigenvalue weighted by Crippen LogP contribution is -1.96. The van der Waals surface area contributed by atoms with E-state index in [-0.39, 0.29) is 0 Å². The van der Waals surface area contributed by atoms with Gasteiger partial charge in [-0.05, 0) is 47.8 Å². The van der Waals surface area contributed by atoms with Crippen molar-refractivity contribution < 1.29 is 14.2 Å². The van der Waals surface area contributed by atoms with Crippen LogP contribution in [-0.2, 0) is 0 Å². The molecule has 0 unspecified atom stereocenters. The van der Waals surface area contributed by atoms with Crippen molar-refractivity contribution in [3.63, 3.8) is 0 Å². The van der Waals surface area contributed by atoms with E-state index in [0.717, 1.165) is 8.95 Å². The highest BCUT2D eigenvalue weighted by Crippen LogP contribution is 2.51.